The maximum atomic E-state index is 13.2. The standard InChI is InChI=1S/C21H20N4O2S2/c1-13-10-25-18(14(2)22-21(25)29-13)11-24(3)20(27)16-6-4-5-7-17(16)23-19(26)15-8-9-28-12-15/h4-10,12H,11H2,1-3H3,(H,23,26). The van der Waals surface area contributed by atoms with Crippen LogP contribution in [0.15, 0.2) is 47.3 Å². The van der Waals surface area contributed by atoms with Gasteiger partial charge in [-0.2, -0.15) is 11.3 Å². The number of carbonyl (C=O) groups excluding carboxylic acids is 2. The number of hydrogen-bond acceptors (Lipinski definition) is 5. The van der Waals surface area contributed by atoms with Gasteiger partial charge in [0, 0.05) is 23.5 Å². The van der Waals surface area contributed by atoms with Crippen LogP contribution >= 0.6 is 22.7 Å². The zero-order chi connectivity index (χ0) is 20.5. The fourth-order valence-corrected chi connectivity index (χ4v) is 4.69. The highest BCUT2D eigenvalue weighted by Crippen LogP contribution is 2.23. The third-order valence-electron chi connectivity index (χ3n) is 4.66. The van der Waals surface area contributed by atoms with Crippen molar-refractivity contribution in [3.05, 3.63) is 74.7 Å². The van der Waals surface area contributed by atoms with Crippen LogP contribution in [0, 0.1) is 13.8 Å². The monoisotopic (exact) mass is 424 g/mol. The summed E-state index contributed by atoms with van der Waals surface area (Å²) in [6.45, 7) is 4.42. The number of para-hydroxylation sites is 1. The van der Waals surface area contributed by atoms with Crippen LogP contribution in [0.25, 0.3) is 4.96 Å². The average molecular weight is 425 g/mol. The Morgan fingerprint density at radius 3 is 2.76 bits per heavy atom. The van der Waals surface area contributed by atoms with Crippen LogP contribution < -0.4 is 5.32 Å². The number of thiophene rings is 1. The summed E-state index contributed by atoms with van der Waals surface area (Å²) in [5.74, 6) is -0.385. The molecule has 4 aromatic rings. The molecule has 8 heteroatoms. The molecule has 0 radical (unpaired) electrons. The molecule has 0 bridgehead atoms. The number of benzene rings is 1. The van der Waals surface area contributed by atoms with Gasteiger partial charge in [0.2, 0.25) is 0 Å². The predicted molar refractivity (Wildman–Crippen MR) is 117 cm³/mol. The van der Waals surface area contributed by atoms with E-state index < -0.39 is 0 Å². The molecule has 148 valence electrons. The van der Waals surface area contributed by atoms with Crippen molar-refractivity contribution in [2.75, 3.05) is 12.4 Å². The van der Waals surface area contributed by atoms with Gasteiger partial charge < -0.3 is 10.2 Å². The number of carbonyl (C=O) groups is 2. The Balaban J connectivity index is 1.57. The van der Waals surface area contributed by atoms with Gasteiger partial charge in [0.05, 0.1) is 34.7 Å². The molecule has 0 aliphatic rings. The number of aromatic nitrogens is 2. The molecule has 1 aromatic carbocycles. The van der Waals surface area contributed by atoms with E-state index in [1.54, 1.807) is 59.0 Å². The van der Waals surface area contributed by atoms with Crippen molar-refractivity contribution >= 4 is 45.1 Å². The number of thiazole rings is 1. The summed E-state index contributed by atoms with van der Waals surface area (Å²) in [6.07, 6.45) is 2.04. The lowest BCUT2D eigenvalue weighted by atomic mass is 10.1. The average Bonchev–Trinajstić information content (AvgIpc) is 3.40. The number of hydrogen-bond donors (Lipinski definition) is 1. The molecule has 2 amide bonds. The number of fused-ring (bicyclic) bond motifs is 1. The third kappa shape index (κ3) is 3.81. The van der Waals surface area contributed by atoms with Crippen LogP contribution in [0.5, 0.6) is 0 Å². The summed E-state index contributed by atoms with van der Waals surface area (Å²) in [6, 6.07) is 8.84. The van der Waals surface area contributed by atoms with Crippen LogP contribution in [-0.4, -0.2) is 33.1 Å². The molecule has 0 aliphatic carbocycles. The molecule has 0 aliphatic heterocycles. The number of nitrogens with zero attached hydrogens (tertiary/aromatic N) is 3. The second-order valence-corrected chi connectivity index (χ2v) is 8.80. The van der Waals surface area contributed by atoms with Crippen LogP contribution in [0.3, 0.4) is 0 Å². The lowest BCUT2D eigenvalue weighted by Crippen LogP contribution is -2.28. The van der Waals surface area contributed by atoms with Gasteiger partial charge in [-0.15, -0.1) is 11.3 Å². The highest BCUT2D eigenvalue weighted by Gasteiger charge is 2.20. The highest BCUT2D eigenvalue weighted by atomic mass is 32.1. The summed E-state index contributed by atoms with van der Waals surface area (Å²) in [4.78, 5) is 33.9. The van der Waals surface area contributed by atoms with Crippen molar-refractivity contribution in [1.29, 1.82) is 0 Å². The van der Waals surface area contributed by atoms with E-state index in [1.807, 2.05) is 29.8 Å². The van der Waals surface area contributed by atoms with E-state index in [1.165, 1.54) is 16.2 Å². The Hall–Kier alpha value is -2.97. The topological polar surface area (TPSA) is 66.7 Å². The van der Waals surface area contributed by atoms with Crippen molar-refractivity contribution in [1.82, 2.24) is 14.3 Å². The largest absolute Gasteiger partial charge is 0.336 e. The second-order valence-electron chi connectivity index (χ2n) is 6.81. The summed E-state index contributed by atoms with van der Waals surface area (Å²) in [5.41, 5.74) is 3.44. The van der Waals surface area contributed by atoms with E-state index in [0.29, 0.717) is 23.4 Å². The second kappa shape index (κ2) is 7.81. The van der Waals surface area contributed by atoms with E-state index in [4.69, 9.17) is 0 Å². The smallest absolute Gasteiger partial charge is 0.256 e. The van der Waals surface area contributed by atoms with Gasteiger partial charge in [-0.1, -0.05) is 12.1 Å². The first-order valence-electron chi connectivity index (χ1n) is 9.06. The van der Waals surface area contributed by atoms with Crippen molar-refractivity contribution < 1.29 is 9.59 Å². The maximum Gasteiger partial charge on any atom is 0.256 e. The van der Waals surface area contributed by atoms with Crippen molar-refractivity contribution in [3.63, 3.8) is 0 Å². The normalized spacial score (nSPS) is 11.0. The summed E-state index contributed by atoms with van der Waals surface area (Å²) >= 11 is 3.09. The van der Waals surface area contributed by atoms with Gasteiger partial charge in [0.1, 0.15) is 0 Å². The first-order valence-corrected chi connectivity index (χ1v) is 10.8. The summed E-state index contributed by atoms with van der Waals surface area (Å²) in [5, 5.41) is 6.48. The summed E-state index contributed by atoms with van der Waals surface area (Å²) in [7, 11) is 1.76. The molecule has 4 rings (SSSR count). The van der Waals surface area contributed by atoms with Gasteiger partial charge >= 0.3 is 0 Å². The number of nitrogens with one attached hydrogen (secondary N) is 1. The first kappa shape index (κ1) is 19.4. The van der Waals surface area contributed by atoms with Crippen LogP contribution in [0.1, 0.15) is 37.0 Å². The van der Waals surface area contributed by atoms with Gasteiger partial charge in [0.15, 0.2) is 4.96 Å². The molecule has 29 heavy (non-hydrogen) atoms. The molecule has 3 heterocycles. The van der Waals surface area contributed by atoms with Crippen LogP contribution in [-0.2, 0) is 6.54 Å². The number of anilines is 1. The Morgan fingerprint density at radius 2 is 2.00 bits per heavy atom. The zero-order valence-electron chi connectivity index (χ0n) is 16.3. The number of rotatable bonds is 5. The van der Waals surface area contributed by atoms with Gasteiger partial charge in [-0.3, -0.25) is 14.0 Å². The van der Waals surface area contributed by atoms with Crippen molar-refractivity contribution in [2.45, 2.75) is 20.4 Å². The Morgan fingerprint density at radius 1 is 1.21 bits per heavy atom. The minimum atomic E-state index is -0.226. The maximum absolute atomic E-state index is 13.2. The molecule has 0 saturated carbocycles. The lowest BCUT2D eigenvalue weighted by molar-refractivity contribution is 0.0784. The fourth-order valence-electron chi connectivity index (χ4n) is 3.17. The quantitative estimate of drug-likeness (QED) is 0.509. The summed E-state index contributed by atoms with van der Waals surface area (Å²) < 4.78 is 2.05. The number of aryl methyl sites for hydroxylation is 2. The third-order valence-corrected chi connectivity index (χ3v) is 6.24. The predicted octanol–water partition coefficient (Wildman–Crippen LogP) is 4.60. The van der Waals surface area contributed by atoms with Crippen LogP contribution in [0.4, 0.5) is 5.69 Å². The SMILES string of the molecule is Cc1cn2c(CN(C)C(=O)c3ccccc3NC(=O)c3ccsc3)c(C)nc2s1. The van der Waals surface area contributed by atoms with Gasteiger partial charge in [-0.05, 0) is 37.4 Å². The molecule has 0 saturated heterocycles. The Labute approximate surface area is 176 Å². The molecule has 0 spiro atoms. The Kier molecular flexibility index (Phi) is 5.21. The molecule has 6 nitrogen and oxygen atoms in total. The number of amides is 2. The van der Waals surface area contributed by atoms with E-state index >= 15 is 0 Å². The number of imidazole rings is 1. The Bertz CT molecular complexity index is 1190. The minimum absolute atomic E-state index is 0.160. The molecule has 0 fully saturated rings. The fraction of sp³-hybridized carbons (Fsp3) is 0.190. The van der Waals surface area contributed by atoms with Crippen molar-refractivity contribution in [3.8, 4) is 0 Å². The van der Waals surface area contributed by atoms with Gasteiger partial charge in [-0.25, -0.2) is 4.98 Å². The molecule has 0 unspecified atom stereocenters. The van der Waals surface area contributed by atoms with Crippen molar-refractivity contribution in [2.24, 2.45) is 0 Å². The molecule has 3 aromatic heterocycles. The highest BCUT2D eigenvalue weighted by molar-refractivity contribution is 7.17. The molecular weight excluding hydrogens is 404 g/mol. The van der Waals surface area contributed by atoms with E-state index in [2.05, 4.69) is 10.3 Å². The van der Waals surface area contributed by atoms with Crippen LogP contribution in [0.2, 0.25) is 0 Å². The molecule has 0 atom stereocenters. The molecular formula is C21H20N4O2S2. The molecule has 1 N–H and O–H groups in total. The first-order chi connectivity index (χ1) is 13.9. The zero-order valence-corrected chi connectivity index (χ0v) is 17.9. The minimum Gasteiger partial charge on any atom is -0.336 e. The lowest BCUT2D eigenvalue weighted by Gasteiger charge is -2.19. The van der Waals surface area contributed by atoms with E-state index in [9.17, 15) is 9.59 Å². The van der Waals surface area contributed by atoms with E-state index in [0.717, 1.165) is 16.3 Å². The van der Waals surface area contributed by atoms with E-state index in [-0.39, 0.29) is 11.8 Å². The van der Waals surface area contributed by atoms with Gasteiger partial charge in [0.25, 0.3) is 11.8 Å².